The minimum Gasteiger partial charge on any atom is -0.464 e. The lowest BCUT2D eigenvalue weighted by Crippen LogP contribution is -1.87. The quantitative estimate of drug-likeness (QED) is 0.714. The fraction of sp³-hybridized carbons (Fsp3) is 0. The van der Waals surface area contributed by atoms with Crippen LogP contribution in [-0.4, -0.2) is 4.98 Å². The Labute approximate surface area is 120 Å². The molecule has 3 nitrogen and oxygen atoms in total. The van der Waals surface area contributed by atoms with Gasteiger partial charge in [0.05, 0.1) is 11.8 Å². The van der Waals surface area contributed by atoms with Crippen molar-refractivity contribution < 1.29 is 4.42 Å². The maximum absolute atomic E-state index is 9.13. The largest absolute Gasteiger partial charge is 0.464 e. The first-order chi connectivity index (χ1) is 9.88. The fourth-order valence-corrected chi connectivity index (χ4v) is 2.82. The highest BCUT2D eigenvalue weighted by atomic mass is 32.2. The molecule has 2 heterocycles. The van der Waals surface area contributed by atoms with E-state index < -0.39 is 0 Å². The fourth-order valence-electron chi connectivity index (χ4n) is 1.85. The lowest BCUT2D eigenvalue weighted by Gasteiger charge is -2.07. The molecular formula is C16H10N2OS. The third-order valence-corrected chi connectivity index (χ3v) is 3.87. The maximum Gasteiger partial charge on any atom is 0.134 e. The topological polar surface area (TPSA) is 49.8 Å². The van der Waals surface area contributed by atoms with Crippen LogP contribution in [0.3, 0.4) is 0 Å². The van der Waals surface area contributed by atoms with E-state index in [2.05, 4.69) is 11.1 Å². The van der Waals surface area contributed by atoms with Crippen molar-refractivity contribution >= 4 is 11.8 Å². The Morgan fingerprint density at radius 3 is 2.75 bits per heavy atom. The molecule has 0 aliphatic rings. The molecule has 2 aromatic heterocycles. The van der Waals surface area contributed by atoms with Crippen molar-refractivity contribution in [1.82, 2.24) is 4.98 Å². The predicted molar refractivity (Wildman–Crippen MR) is 77.2 cm³/mol. The summed E-state index contributed by atoms with van der Waals surface area (Å²) in [7, 11) is 0. The second-order valence-corrected chi connectivity index (χ2v) is 5.07. The van der Waals surface area contributed by atoms with Gasteiger partial charge in [0.1, 0.15) is 16.9 Å². The lowest BCUT2D eigenvalue weighted by molar-refractivity contribution is 0.581. The molecule has 0 spiro atoms. The van der Waals surface area contributed by atoms with Crippen LogP contribution in [0.4, 0.5) is 0 Å². The zero-order chi connectivity index (χ0) is 13.8. The van der Waals surface area contributed by atoms with Crippen molar-refractivity contribution in [2.75, 3.05) is 0 Å². The van der Waals surface area contributed by atoms with E-state index in [-0.39, 0.29) is 0 Å². The van der Waals surface area contributed by atoms with Gasteiger partial charge in [-0.25, -0.2) is 4.98 Å². The third kappa shape index (κ3) is 2.44. The van der Waals surface area contributed by atoms with Gasteiger partial charge >= 0.3 is 0 Å². The Morgan fingerprint density at radius 2 is 1.95 bits per heavy atom. The molecule has 1 aromatic carbocycles. The van der Waals surface area contributed by atoms with Gasteiger partial charge in [0.2, 0.25) is 0 Å². The number of aromatic nitrogens is 1. The van der Waals surface area contributed by atoms with Crippen LogP contribution in [0, 0.1) is 11.3 Å². The summed E-state index contributed by atoms with van der Waals surface area (Å²) in [6.07, 6.45) is 3.34. The normalized spacial score (nSPS) is 10.2. The molecule has 20 heavy (non-hydrogen) atoms. The Morgan fingerprint density at radius 1 is 1.05 bits per heavy atom. The van der Waals surface area contributed by atoms with Crippen LogP contribution in [0.15, 0.2) is 75.3 Å². The summed E-state index contributed by atoms with van der Waals surface area (Å²) < 4.78 is 5.46. The first-order valence-corrected chi connectivity index (χ1v) is 6.86. The third-order valence-electron chi connectivity index (χ3n) is 2.77. The van der Waals surface area contributed by atoms with Crippen molar-refractivity contribution in [2.45, 2.75) is 9.92 Å². The van der Waals surface area contributed by atoms with Crippen LogP contribution in [0.1, 0.15) is 5.56 Å². The summed E-state index contributed by atoms with van der Waals surface area (Å²) in [5, 5.41) is 9.83. The lowest BCUT2D eigenvalue weighted by atomic mass is 10.2. The minimum absolute atomic E-state index is 0.576. The number of nitrogens with zero attached hydrogens (tertiary/aromatic N) is 2. The first-order valence-electron chi connectivity index (χ1n) is 6.04. The van der Waals surface area contributed by atoms with Crippen LogP contribution >= 0.6 is 11.8 Å². The average Bonchev–Trinajstić information content (AvgIpc) is 3.02. The molecule has 3 aromatic rings. The molecule has 0 aliphatic heterocycles. The van der Waals surface area contributed by atoms with Gasteiger partial charge in [-0.15, -0.1) is 0 Å². The SMILES string of the molecule is N#Cc1cccnc1Sc1ccccc1-c1ccco1. The smallest absolute Gasteiger partial charge is 0.134 e. The standard InChI is InChI=1S/C16H10N2OS/c17-11-12-5-3-9-18-16(12)20-15-8-2-1-6-13(15)14-7-4-10-19-14/h1-10H. The molecule has 3 rings (SSSR count). The van der Waals surface area contributed by atoms with Crippen molar-refractivity contribution in [3.63, 3.8) is 0 Å². The van der Waals surface area contributed by atoms with Crippen LogP contribution in [0.5, 0.6) is 0 Å². The second kappa shape index (κ2) is 5.64. The van der Waals surface area contributed by atoms with E-state index in [1.807, 2.05) is 36.4 Å². The van der Waals surface area contributed by atoms with Gasteiger partial charge in [0.25, 0.3) is 0 Å². The number of furan rings is 1. The highest BCUT2D eigenvalue weighted by Crippen LogP contribution is 2.36. The van der Waals surface area contributed by atoms with E-state index in [1.165, 1.54) is 11.8 Å². The Kier molecular flexibility index (Phi) is 3.53. The Balaban J connectivity index is 2.02. The summed E-state index contributed by atoms with van der Waals surface area (Å²) in [6.45, 7) is 0. The van der Waals surface area contributed by atoms with Crippen molar-refractivity contribution in [2.24, 2.45) is 0 Å². The molecule has 4 heteroatoms. The van der Waals surface area contributed by atoms with E-state index in [0.29, 0.717) is 10.6 Å². The van der Waals surface area contributed by atoms with Crippen molar-refractivity contribution in [3.05, 3.63) is 66.6 Å². The van der Waals surface area contributed by atoms with Crippen molar-refractivity contribution in [1.29, 1.82) is 5.26 Å². The summed E-state index contributed by atoms with van der Waals surface area (Å²) in [5.74, 6) is 0.808. The number of rotatable bonds is 3. The summed E-state index contributed by atoms with van der Waals surface area (Å²) in [4.78, 5) is 5.29. The van der Waals surface area contributed by atoms with Gasteiger partial charge in [-0.05, 0) is 30.3 Å². The molecule has 0 aliphatic carbocycles. The number of nitriles is 1. The van der Waals surface area contributed by atoms with E-state index >= 15 is 0 Å². The summed E-state index contributed by atoms with van der Waals surface area (Å²) in [5.41, 5.74) is 1.57. The van der Waals surface area contributed by atoms with E-state index in [1.54, 1.807) is 24.6 Å². The maximum atomic E-state index is 9.13. The highest BCUT2D eigenvalue weighted by molar-refractivity contribution is 7.99. The van der Waals surface area contributed by atoms with Gasteiger partial charge in [-0.1, -0.05) is 30.0 Å². The number of hydrogen-bond acceptors (Lipinski definition) is 4. The molecule has 0 unspecified atom stereocenters. The molecule has 0 saturated heterocycles. The second-order valence-electron chi connectivity index (χ2n) is 4.04. The predicted octanol–water partition coefficient (Wildman–Crippen LogP) is 4.36. The Bertz CT molecular complexity index is 760. The molecule has 96 valence electrons. The summed E-state index contributed by atoms with van der Waals surface area (Å²) in [6, 6.07) is 17.4. The molecule has 0 radical (unpaired) electrons. The number of pyridine rings is 1. The van der Waals surface area contributed by atoms with Crippen LogP contribution < -0.4 is 0 Å². The monoisotopic (exact) mass is 278 g/mol. The van der Waals surface area contributed by atoms with E-state index in [4.69, 9.17) is 9.68 Å². The molecule has 0 fully saturated rings. The molecule has 0 amide bonds. The number of hydrogen-bond donors (Lipinski definition) is 0. The zero-order valence-electron chi connectivity index (χ0n) is 10.5. The molecule has 0 bridgehead atoms. The van der Waals surface area contributed by atoms with Gasteiger partial charge in [0, 0.05) is 16.7 Å². The Hall–Kier alpha value is -2.51. The average molecular weight is 278 g/mol. The van der Waals surface area contributed by atoms with E-state index in [9.17, 15) is 0 Å². The van der Waals surface area contributed by atoms with Crippen LogP contribution in [0.2, 0.25) is 0 Å². The van der Waals surface area contributed by atoms with Crippen LogP contribution in [-0.2, 0) is 0 Å². The van der Waals surface area contributed by atoms with E-state index in [0.717, 1.165) is 16.2 Å². The molecule has 0 atom stereocenters. The van der Waals surface area contributed by atoms with Gasteiger partial charge in [0.15, 0.2) is 0 Å². The van der Waals surface area contributed by atoms with Gasteiger partial charge in [-0.3, -0.25) is 0 Å². The number of benzene rings is 1. The highest BCUT2D eigenvalue weighted by Gasteiger charge is 2.11. The van der Waals surface area contributed by atoms with Crippen LogP contribution in [0.25, 0.3) is 11.3 Å². The van der Waals surface area contributed by atoms with Gasteiger partial charge < -0.3 is 4.42 Å². The van der Waals surface area contributed by atoms with Gasteiger partial charge in [-0.2, -0.15) is 5.26 Å². The van der Waals surface area contributed by atoms with Crippen molar-refractivity contribution in [3.8, 4) is 17.4 Å². The molecule has 0 N–H and O–H groups in total. The minimum atomic E-state index is 0.576. The molecular weight excluding hydrogens is 268 g/mol. The summed E-state index contributed by atoms with van der Waals surface area (Å²) >= 11 is 1.47. The first kappa shape index (κ1) is 12.5. The molecule has 0 saturated carbocycles. The zero-order valence-corrected chi connectivity index (χ0v) is 11.3.